The van der Waals surface area contributed by atoms with Crippen LogP contribution in [0.1, 0.15) is 81.6 Å². The van der Waals surface area contributed by atoms with Crippen LogP contribution in [0.25, 0.3) is 0 Å². The van der Waals surface area contributed by atoms with Crippen LogP contribution in [-0.4, -0.2) is 24.5 Å². The fourth-order valence-electron chi connectivity index (χ4n) is 6.64. The third-order valence-electron chi connectivity index (χ3n) is 8.89. The highest BCUT2D eigenvalue weighted by atomic mass is 32.1. The van der Waals surface area contributed by atoms with Gasteiger partial charge in [-0.05, 0) is 93.0 Å². The number of hydrogen-bond acceptors (Lipinski definition) is 5. The molecule has 0 N–H and O–H groups in total. The molecule has 3 aliphatic rings. The second-order valence-electron chi connectivity index (χ2n) is 11.7. The summed E-state index contributed by atoms with van der Waals surface area (Å²) < 4.78 is 89.3. The number of isothiocyanates is 1. The van der Waals surface area contributed by atoms with Crippen molar-refractivity contribution in [1.29, 1.82) is 0 Å². The lowest BCUT2D eigenvalue weighted by molar-refractivity contribution is -0.224. The molecule has 0 radical (unpaired) electrons. The summed E-state index contributed by atoms with van der Waals surface area (Å²) in [7, 11) is 0. The molecule has 41 heavy (non-hydrogen) atoms. The maximum Gasteiger partial charge on any atom is 0.400 e. The molecule has 10 heteroatoms. The molecule has 0 spiro atoms. The zero-order valence-electron chi connectivity index (χ0n) is 22.9. The number of ether oxygens (including phenoxy) is 3. The van der Waals surface area contributed by atoms with Gasteiger partial charge in [-0.2, -0.15) is 13.8 Å². The molecule has 5 rings (SSSR count). The molecule has 0 bridgehead atoms. The standard InChI is InChI=1S/C31H34F5NO3S/c1-18-15-38-30(39-16-18)22-8-11-25(26(32)12-22)21-4-2-19(3-5-21)20-6-9-23(10-7-20)31(35,36)40-24-13-27(33)29(37-17-41)28(34)14-24/h8,11-14,18-21,23,30H,2-7,9-10,15-16H2,1H3. The summed E-state index contributed by atoms with van der Waals surface area (Å²) in [6.45, 7) is 3.22. The van der Waals surface area contributed by atoms with E-state index in [1.807, 2.05) is 24.2 Å². The third kappa shape index (κ3) is 6.99. The molecular weight excluding hydrogens is 561 g/mol. The Bertz CT molecular complexity index is 1240. The molecule has 2 aromatic rings. The van der Waals surface area contributed by atoms with Gasteiger partial charge in [0.1, 0.15) is 17.3 Å². The van der Waals surface area contributed by atoms with E-state index in [4.69, 9.17) is 14.2 Å². The monoisotopic (exact) mass is 595 g/mol. The molecule has 3 fully saturated rings. The van der Waals surface area contributed by atoms with Crippen LogP contribution in [0.4, 0.5) is 27.6 Å². The molecule has 1 heterocycles. The first kappa shape index (κ1) is 30.1. The lowest BCUT2D eigenvalue weighted by Gasteiger charge is -2.39. The summed E-state index contributed by atoms with van der Waals surface area (Å²) in [5.74, 6) is -2.99. The highest BCUT2D eigenvalue weighted by Gasteiger charge is 2.45. The normalized spacial score (nSPS) is 29.0. The van der Waals surface area contributed by atoms with Crippen molar-refractivity contribution in [1.82, 2.24) is 0 Å². The van der Waals surface area contributed by atoms with E-state index in [0.717, 1.165) is 25.7 Å². The Morgan fingerprint density at radius 2 is 1.44 bits per heavy atom. The van der Waals surface area contributed by atoms with Crippen molar-refractivity contribution in [2.75, 3.05) is 13.2 Å². The number of alkyl halides is 2. The highest BCUT2D eigenvalue weighted by Crippen LogP contribution is 2.47. The summed E-state index contributed by atoms with van der Waals surface area (Å²) in [4.78, 5) is 3.28. The van der Waals surface area contributed by atoms with Gasteiger partial charge in [-0.3, -0.25) is 0 Å². The minimum absolute atomic E-state index is 0.129. The quantitative estimate of drug-likeness (QED) is 0.182. The predicted octanol–water partition coefficient (Wildman–Crippen LogP) is 9.27. The largest absolute Gasteiger partial charge is 0.432 e. The molecule has 222 valence electrons. The van der Waals surface area contributed by atoms with Crippen LogP contribution < -0.4 is 4.74 Å². The number of halogens is 5. The number of thiocarbonyl (C=S) groups is 1. The molecule has 2 aromatic carbocycles. The van der Waals surface area contributed by atoms with E-state index in [1.54, 1.807) is 0 Å². The van der Waals surface area contributed by atoms with Crippen LogP contribution in [0.15, 0.2) is 35.3 Å². The first-order valence-corrected chi connectivity index (χ1v) is 14.7. The van der Waals surface area contributed by atoms with Gasteiger partial charge in [0.05, 0.1) is 24.3 Å². The third-order valence-corrected chi connectivity index (χ3v) is 8.98. The van der Waals surface area contributed by atoms with Crippen LogP contribution in [0, 0.1) is 41.1 Å². The smallest absolute Gasteiger partial charge is 0.400 e. The maximum atomic E-state index is 15.1. The van der Waals surface area contributed by atoms with Gasteiger partial charge in [0, 0.05) is 23.6 Å². The van der Waals surface area contributed by atoms with E-state index in [2.05, 4.69) is 17.2 Å². The zero-order chi connectivity index (χ0) is 29.1. The average Bonchev–Trinajstić information content (AvgIpc) is 2.95. The van der Waals surface area contributed by atoms with E-state index >= 15 is 4.39 Å². The molecule has 1 aliphatic heterocycles. The minimum atomic E-state index is -3.56. The zero-order valence-corrected chi connectivity index (χ0v) is 23.7. The van der Waals surface area contributed by atoms with Gasteiger partial charge in [0.15, 0.2) is 17.9 Å². The van der Waals surface area contributed by atoms with Crippen molar-refractivity contribution >= 4 is 23.1 Å². The van der Waals surface area contributed by atoms with Crippen LogP contribution >= 0.6 is 12.2 Å². The molecule has 0 amide bonds. The second-order valence-corrected chi connectivity index (χ2v) is 11.9. The number of benzene rings is 2. The Hall–Kier alpha value is -2.39. The summed E-state index contributed by atoms with van der Waals surface area (Å²) >= 11 is 4.35. The number of nitrogens with zero attached hydrogens (tertiary/aromatic N) is 1. The van der Waals surface area contributed by atoms with E-state index in [9.17, 15) is 17.6 Å². The summed E-state index contributed by atoms with van der Waals surface area (Å²) in [6.07, 6.45) is 1.25. The topological polar surface area (TPSA) is 40.0 Å². The average molecular weight is 596 g/mol. The number of hydrogen-bond donors (Lipinski definition) is 0. The Kier molecular flexibility index (Phi) is 9.43. The summed E-state index contributed by atoms with van der Waals surface area (Å²) in [6, 6.07) is 6.63. The molecule has 0 aromatic heterocycles. The molecular formula is C31H34F5NO3S. The molecule has 4 nitrogen and oxygen atoms in total. The maximum absolute atomic E-state index is 15.1. The van der Waals surface area contributed by atoms with E-state index < -0.39 is 41.4 Å². The van der Waals surface area contributed by atoms with Crippen molar-refractivity contribution in [3.8, 4) is 5.75 Å². The van der Waals surface area contributed by atoms with Gasteiger partial charge < -0.3 is 14.2 Å². The first-order chi connectivity index (χ1) is 19.6. The Morgan fingerprint density at radius 1 is 0.854 bits per heavy atom. The Morgan fingerprint density at radius 3 is 2.00 bits per heavy atom. The van der Waals surface area contributed by atoms with Gasteiger partial charge >= 0.3 is 6.11 Å². The van der Waals surface area contributed by atoms with Crippen LogP contribution in [0.2, 0.25) is 0 Å². The first-order valence-electron chi connectivity index (χ1n) is 14.3. The minimum Gasteiger partial charge on any atom is -0.432 e. The van der Waals surface area contributed by atoms with Crippen molar-refractivity contribution < 1.29 is 36.2 Å². The molecule has 2 aliphatic carbocycles. The van der Waals surface area contributed by atoms with E-state index in [1.165, 1.54) is 6.07 Å². The van der Waals surface area contributed by atoms with Crippen LogP contribution in [0.5, 0.6) is 5.75 Å². The van der Waals surface area contributed by atoms with Gasteiger partial charge in [0.25, 0.3) is 0 Å². The lowest BCUT2D eigenvalue weighted by atomic mass is 9.68. The summed E-state index contributed by atoms with van der Waals surface area (Å²) in [5, 5.41) is 1.86. The van der Waals surface area contributed by atoms with Crippen molar-refractivity contribution in [2.24, 2.45) is 28.7 Å². The van der Waals surface area contributed by atoms with Crippen molar-refractivity contribution in [2.45, 2.75) is 76.6 Å². The van der Waals surface area contributed by atoms with Crippen molar-refractivity contribution in [3.63, 3.8) is 0 Å². The van der Waals surface area contributed by atoms with Gasteiger partial charge in [-0.15, -0.1) is 0 Å². The molecule has 1 saturated heterocycles. The molecule has 0 atom stereocenters. The lowest BCUT2D eigenvalue weighted by Crippen LogP contribution is -2.38. The van der Waals surface area contributed by atoms with Crippen LogP contribution in [-0.2, 0) is 9.47 Å². The fraction of sp³-hybridized carbons (Fsp3) is 0.581. The number of rotatable bonds is 7. The summed E-state index contributed by atoms with van der Waals surface area (Å²) in [5.41, 5.74) is 0.715. The van der Waals surface area contributed by atoms with Gasteiger partial charge in [0.2, 0.25) is 0 Å². The van der Waals surface area contributed by atoms with E-state index in [0.29, 0.717) is 67.1 Å². The highest BCUT2D eigenvalue weighted by molar-refractivity contribution is 7.78. The van der Waals surface area contributed by atoms with Crippen LogP contribution in [0.3, 0.4) is 0 Å². The Labute approximate surface area is 242 Å². The molecule has 2 saturated carbocycles. The van der Waals surface area contributed by atoms with Gasteiger partial charge in [-0.1, -0.05) is 19.1 Å². The Balaban J connectivity index is 1.12. The fourth-order valence-corrected chi connectivity index (χ4v) is 6.73. The SMILES string of the molecule is CC1COC(c2ccc(C3CCC(C4CCC(C(F)(F)Oc5cc(F)c(N=C=S)c(F)c5)CC4)CC3)c(F)c2)OC1. The van der Waals surface area contributed by atoms with E-state index in [-0.39, 0.29) is 24.6 Å². The predicted molar refractivity (Wildman–Crippen MR) is 147 cm³/mol. The second kappa shape index (κ2) is 12.9. The van der Waals surface area contributed by atoms with Crippen molar-refractivity contribution in [3.05, 3.63) is 58.9 Å². The van der Waals surface area contributed by atoms with Gasteiger partial charge in [-0.25, -0.2) is 13.2 Å². The number of aliphatic imine (C=N–C) groups is 1. The molecule has 0 unspecified atom stereocenters.